The van der Waals surface area contributed by atoms with Crippen molar-refractivity contribution in [3.05, 3.63) is 36.0 Å². The van der Waals surface area contributed by atoms with Gasteiger partial charge in [-0.15, -0.1) is 5.10 Å². The molecule has 3 aromatic rings. The van der Waals surface area contributed by atoms with Crippen molar-refractivity contribution in [3.8, 4) is 11.3 Å². The van der Waals surface area contributed by atoms with Crippen LogP contribution < -0.4 is 10.2 Å². The van der Waals surface area contributed by atoms with Gasteiger partial charge in [-0.3, -0.25) is 9.59 Å². The monoisotopic (exact) mass is 511 g/mol. The zero-order valence-electron chi connectivity index (χ0n) is 21.9. The molecular formula is C26H37N7O2S. The second kappa shape index (κ2) is 11.4. The number of piperidine rings is 1. The van der Waals surface area contributed by atoms with Crippen LogP contribution in [0.5, 0.6) is 0 Å². The molecule has 1 aliphatic heterocycles. The van der Waals surface area contributed by atoms with Crippen LogP contribution in [-0.4, -0.2) is 90.1 Å². The largest absolute Gasteiger partial charge is 0.353 e. The van der Waals surface area contributed by atoms with Crippen LogP contribution in [0.4, 0.5) is 5.13 Å². The fourth-order valence-corrected chi connectivity index (χ4v) is 5.33. The van der Waals surface area contributed by atoms with Crippen molar-refractivity contribution in [2.24, 2.45) is 5.92 Å². The number of hydrogen-bond acceptors (Lipinski definition) is 7. The van der Waals surface area contributed by atoms with Crippen molar-refractivity contribution in [2.75, 3.05) is 58.8 Å². The summed E-state index contributed by atoms with van der Waals surface area (Å²) in [5.74, 6) is 0.363. The molecule has 1 saturated heterocycles. The number of aromatic nitrogens is 3. The number of hydrogen-bond donors (Lipinski definition) is 1. The number of carbonyl (C=O) groups is 2. The van der Waals surface area contributed by atoms with E-state index in [0.717, 1.165) is 53.8 Å². The van der Waals surface area contributed by atoms with Gasteiger partial charge in [-0.2, -0.15) is 0 Å². The van der Waals surface area contributed by atoms with Gasteiger partial charge in [0.15, 0.2) is 0 Å². The molecule has 1 aliphatic rings. The number of carbonyl (C=O) groups excluding carboxylic acids is 2. The van der Waals surface area contributed by atoms with Gasteiger partial charge in [-0.05, 0) is 38.4 Å². The van der Waals surface area contributed by atoms with Crippen molar-refractivity contribution in [1.82, 2.24) is 29.7 Å². The number of benzene rings is 1. The first kappa shape index (κ1) is 26.1. The Balaban J connectivity index is 1.29. The lowest BCUT2D eigenvalue weighted by Gasteiger charge is -2.32. The van der Waals surface area contributed by atoms with Gasteiger partial charge in [0, 0.05) is 44.7 Å². The first-order valence-electron chi connectivity index (χ1n) is 12.6. The number of fused-ring (bicyclic) bond motifs is 1. The Morgan fingerprint density at radius 2 is 1.83 bits per heavy atom. The van der Waals surface area contributed by atoms with Crippen LogP contribution in [0.1, 0.15) is 38.2 Å². The lowest BCUT2D eigenvalue weighted by atomic mass is 9.95. The summed E-state index contributed by atoms with van der Waals surface area (Å²) in [6, 6.07) is 8.56. The van der Waals surface area contributed by atoms with E-state index in [2.05, 4.69) is 48.3 Å². The Hall–Kier alpha value is -2.98. The minimum atomic E-state index is -0.119. The third-order valence-electron chi connectivity index (χ3n) is 6.66. The number of nitrogens with zero attached hydrogens (tertiary/aromatic N) is 6. The van der Waals surface area contributed by atoms with Crippen molar-refractivity contribution >= 4 is 33.2 Å². The van der Waals surface area contributed by atoms with Crippen LogP contribution in [0.25, 0.3) is 16.2 Å². The van der Waals surface area contributed by atoms with Gasteiger partial charge in [0.05, 0.1) is 18.4 Å². The normalized spacial score (nSPS) is 14.7. The molecule has 0 aliphatic carbocycles. The lowest BCUT2D eigenvalue weighted by Crippen LogP contribution is -2.45. The molecule has 9 nitrogen and oxygen atoms in total. The SMILES string of the molecule is CC(C)c1ccc(-c2cn3nc(N4CCC(C(=O)N(C)CC(=O)NCCN(C)C)CC4)sc3n2)cc1. The second-order valence-electron chi connectivity index (χ2n) is 10.1. The molecule has 0 unspecified atom stereocenters. The fraction of sp³-hybridized carbons (Fsp3) is 0.538. The summed E-state index contributed by atoms with van der Waals surface area (Å²) >= 11 is 1.58. The summed E-state index contributed by atoms with van der Waals surface area (Å²) in [5.41, 5.74) is 3.33. The van der Waals surface area contributed by atoms with E-state index in [4.69, 9.17) is 10.1 Å². The van der Waals surface area contributed by atoms with Crippen LogP contribution in [0.15, 0.2) is 30.5 Å². The van der Waals surface area contributed by atoms with Crippen molar-refractivity contribution in [2.45, 2.75) is 32.6 Å². The molecule has 2 amide bonds. The first-order chi connectivity index (χ1) is 17.2. The summed E-state index contributed by atoms with van der Waals surface area (Å²) in [4.78, 5) is 36.5. The number of likely N-dealkylation sites (N-methyl/N-ethyl adjacent to an activating group) is 2. The summed E-state index contributed by atoms with van der Waals surface area (Å²) < 4.78 is 1.85. The summed E-state index contributed by atoms with van der Waals surface area (Å²) in [7, 11) is 5.63. The van der Waals surface area contributed by atoms with Crippen molar-refractivity contribution in [1.29, 1.82) is 0 Å². The van der Waals surface area contributed by atoms with E-state index >= 15 is 0 Å². The van der Waals surface area contributed by atoms with Crippen LogP contribution in [0, 0.1) is 5.92 Å². The highest BCUT2D eigenvalue weighted by atomic mass is 32.1. The summed E-state index contributed by atoms with van der Waals surface area (Å²) in [6.45, 7) is 7.36. The summed E-state index contributed by atoms with van der Waals surface area (Å²) in [5, 5.41) is 8.55. The minimum Gasteiger partial charge on any atom is -0.353 e. The molecule has 4 rings (SSSR count). The molecule has 10 heteroatoms. The Bertz CT molecular complexity index is 1150. The molecule has 194 valence electrons. The molecule has 0 radical (unpaired) electrons. The Labute approximate surface area is 217 Å². The molecule has 0 saturated carbocycles. The van der Waals surface area contributed by atoms with Gasteiger partial charge in [0.2, 0.25) is 21.9 Å². The topological polar surface area (TPSA) is 86.1 Å². The van der Waals surface area contributed by atoms with E-state index in [0.29, 0.717) is 12.5 Å². The van der Waals surface area contributed by atoms with E-state index in [9.17, 15) is 9.59 Å². The lowest BCUT2D eigenvalue weighted by molar-refractivity contribution is -0.138. The zero-order chi connectivity index (χ0) is 25.8. The van der Waals surface area contributed by atoms with Gasteiger partial charge < -0.3 is 20.0 Å². The third-order valence-corrected chi connectivity index (χ3v) is 7.64. The van der Waals surface area contributed by atoms with Gasteiger partial charge >= 0.3 is 0 Å². The average Bonchev–Trinajstić information content (AvgIpc) is 3.43. The Morgan fingerprint density at radius 3 is 2.44 bits per heavy atom. The molecule has 2 aromatic heterocycles. The highest BCUT2D eigenvalue weighted by Crippen LogP contribution is 2.30. The molecule has 0 spiro atoms. The number of anilines is 1. The predicted molar refractivity (Wildman–Crippen MR) is 145 cm³/mol. The maximum absolute atomic E-state index is 12.9. The Kier molecular flexibility index (Phi) is 8.25. The Morgan fingerprint density at radius 1 is 1.14 bits per heavy atom. The highest BCUT2D eigenvalue weighted by molar-refractivity contribution is 7.20. The minimum absolute atomic E-state index is 0.0412. The quantitative estimate of drug-likeness (QED) is 0.476. The van der Waals surface area contributed by atoms with Crippen LogP contribution in [0.3, 0.4) is 0 Å². The van der Waals surface area contributed by atoms with Gasteiger partial charge in [-0.25, -0.2) is 9.50 Å². The number of amides is 2. The molecule has 1 N–H and O–H groups in total. The van der Waals surface area contributed by atoms with E-state index in [1.54, 1.807) is 23.3 Å². The van der Waals surface area contributed by atoms with E-state index in [1.807, 2.05) is 29.7 Å². The predicted octanol–water partition coefficient (Wildman–Crippen LogP) is 2.93. The van der Waals surface area contributed by atoms with E-state index in [-0.39, 0.29) is 24.3 Å². The standard InChI is InChI=1S/C26H37N7O2S/c1-18(2)19-6-8-20(9-7-19)22-16-33-25(28-22)36-26(29-33)32-13-10-21(11-14-32)24(35)31(5)17-23(34)27-12-15-30(3)4/h6-9,16,18,21H,10-15,17H2,1-5H3,(H,27,34). The van der Waals surface area contributed by atoms with Crippen LogP contribution in [0.2, 0.25) is 0 Å². The smallest absolute Gasteiger partial charge is 0.239 e. The molecule has 0 bridgehead atoms. The number of nitrogens with one attached hydrogen (secondary N) is 1. The third kappa shape index (κ3) is 6.22. The number of rotatable bonds is 9. The van der Waals surface area contributed by atoms with Crippen LogP contribution >= 0.6 is 11.3 Å². The second-order valence-corrected chi connectivity index (χ2v) is 11.1. The molecule has 36 heavy (non-hydrogen) atoms. The molecule has 1 fully saturated rings. The van der Waals surface area contributed by atoms with Gasteiger partial charge in [0.25, 0.3) is 0 Å². The van der Waals surface area contributed by atoms with Crippen molar-refractivity contribution < 1.29 is 9.59 Å². The maximum atomic E-state index is 12.9. The number of imidazole rings is 1. The molecular weight excluding hydrogens is 474 g/mol. The molecule has 1 aromatic carbocycles. The van der Waals surface area contributed by atoms with Crippen molar-refractivity contribution in [3.63, 3.8) is 0 Å². The zero-order valence-corrected chi connectivity index (χ0v) is 22.7. The average molecular weight is 512 g/mol. The van der Waals surface area contributed by atoms with E-state index < -0.39 is 0 Å². The molecule has 3 heterocycles. The van der Waals surface area contributed by atoms with Gasteiger partial charge in [-0.1, -0.05) is 49.4 Å². The van der Waals surface area contributed by atoms with E-state index in [1.165, 1.54) is 5.56 Å². The first-order valence-corrected chi connectivity index (χ1v) is 13.4. The highest BCUT2D eigenvalue weighted by Gasteiger charge is 2.29. The fourth-order valence-electron chi connectivity index (χ4n) is 4.39. The van der Waals surface area contributed by atoms with Crippen LogP contribution in [-0.2, 0) is 9.59 Å². The molecule has 0 atom stereocenters. The summed E-state index contributed by atoms with van der Waals surface area (Å²) in [6.07, 6.45) is 3.48. The van der Waals surface area contributed by atoms with Gasteiger partial charge in [0.1, 0.15) is 0 Å². The maximum Gasteiger partial charge on any atom is 0.239 e.